The summed E-state index contributed by atoms with van der Waals surface area (Å²) in [5, 5.41) is 0. The van der Waals surface area contributed by atoms with E-state index in [-0.39, 0.29) is 10.8 Å². The number of anilines is 1. The lowest BCUT2D eigenvalue weighted by atomic mass is 10.1. The highest BCUT2D eigenvalue weighted by molar-refractivity contribution is 7.89. The van der Waals surface area contributed by atoms with Gasteiger partial charge in [-0.25, -0.2) is 13.1 Å². The highest BCUT2D eigenvalue weighted by atomic mass is 32.2. The first-order valence-corrected chi connectivity index (χ1v) is 7.91. The van der Waals surface area contributed by atoms with Crippen molar-refractivity contribution in [1.82, 2.24) is 4.72 Å². The third-order valence-electron chi connectivity index (χ3n) is 2.88. The molecule has 0 spiro atoms. The highest BCUT2D eigenvalue weighted by Gasteiger charge is 2.20. The van der Waals surface area contributed by atoms with Crippen LogP contribution in [-0.4, -0.2) is 21.6 Å². The molecule has 0 radical (unpaired) electrons. The molecule has 19 heavy (non-hydrogen) atoms. The van der Waals surface area contributed by atoms with Crippen molar-refractivity contribution in [2.24, 2.45) is 5.92 Å². The molecule has 0 aliphatic carbocycles. The average Bonchev–Trinajstić information content (AvgIpc) is 2.38. The Morgan fingerprint density at radius 1 is 1.37 bits per heavy atom. The first-order chi connectivity index (χ1) is 8.90. The van der Waals surface area contributed by atoms with Gasteiger partial charge in [0, 0.05) is 12.2 Å². The van der Waals surface area contributed by atoms with E-state index in [0.29, 0.717) is 24.6 Å². The predicted molar refractivity (Wildman–Crippen MR) is 76.7 cm³/mol. The van der Waals surface area contributed by atoms with E-state index >= 15 is 0 Å². The summed E-state index contributed by atoms with van der Waals surface area (Å²) < 4.78 is 32.4. The molecule has 0 heterocycles. The van der Waals surface area contributed by atoms with E-state index in [1.165, 1.54) is 6.07 Å². The van der Waals surface area contributed by atoms with Crippen molar-refractivity contribution in [2.45, 2.75) is 32.1 Å². The van der Waals surface area contributed by atoms with Gasteiger partial charge in [0.15, 0.2) is 0 Å². The smallest absolute Gasteiger partial charge is 0.244 e. The molecule has 0 saturated carbocycles. The number of nitrogens with two attached hydrogens (primary N) is 1. The van der Waals surface area contributed by atoms with Crippen LogP contribution in [0, 0.1) is 5.92 Å². The Labute approximate surface area is 115 Å². The van der Waals surface area contributed by atoms with Gasteiger partial charge in [-0.2, -0.15) is 0 Å². The topological polar surface area (TPSA) is 81.4 Å². The van der Waals surface area contributed by atoms with Crippen LogP contribution in [0.15, 0.2) is 23.1 Å². The Morgan fingerprint density at radius 2 is 2.05 bits per heavy atom. The molecule has 0 fully saturated rings. The summed E-state index contributed by atoms with van der Waals surface area (Å²) >= 11 is 0. The first kappa shape index (κ1) is 15.8. The van der Waals surface area contributed by atoms with E-state index in [1.807, 2.05) is 13.8 Å². The van der Waals surface area contributed by atoms with Crippen molar-refractivity contribution < 1.29 is 13.2 Å². The van der Waals surface area contributed by atoms with Crippen molar-refractivity contribution in [3.8, 4) is 5.75 Å². The minimum Gasteiger partial charge on any atom is -0.492 e. The monoisotopic (exact) mass is 286 g/mol. The zero-order valence-electron chi connectivity index (χ0n) is 11.6. The maximum atomic E-state index is 12.3. The fourth-order valence-corrected chi connectivity index (χ4v) is 2.83. The van der Waals surface area contributed by atoms with Gasteiger partial charge in [-0.15, -0.1) is 0 Å². The Kier molecular flexibility index (Phi) is 5.62. The number of benzene rings is 1. The number of nitrogen functional groups attached to an aromatic ring is 1. The molecule has 3 N–H and O–H groups in total. The average molecular weight is 286 g/mol. The fourth-order valence-electron chi connectivity index (χ4n) is 1.48. The Bertz CT molecular complexity index is 515. The second kappa shape index (κ2) is 6.77. The second-order valence-corrected chi connectivity index (χ2v) is 6.24. The lowest BCUT2D eigenvalue weighted by Crippen LogP contribution is -2.28. The molecule has 0 saturated heterocycles. The lowest BCUT2D eigenvalue weighted by Gasteiger charge is -2.14. The van der Waals surface area contributed by atoms with Crippen LogP contribution in [0.3, 0.4) is 0 Å². The molecule has 1 rings (SSSR count). The van der Waals surface area contributed by atoms with Gasteiger partial charge < -0.3 is 10.5 Å². The summed E-state index contributed by atoms with van der Waals surface area (Å²) in [5.41, 5.74) is 6.05. The van der Waals surface area contributed by atoms with Crippen LogP contribution in [0.5, 0.6) is 5.75 Å². The summed E-state index contributed by atoms with van der Waals surface area (Å²) in [6.07, 6.45) is 0.914. The largest absolute Gasteiger partial charge is 0.492 e. The van der Waals surface area contributed by atoms with E-state index in [1.54, 1.807) is 19.1 Å². The molecule has 108 valence electrons. The molecular weight excluding hydrogens is 264 g/mol. The molecule has 0 amide bonds. The van der Waals surface area contributed by atoms with Crippen molar-refractivity contribution in [1.29, 1.82) is 0 Å². The zero-order valence-corrected chi connectivity index (χ0v) is 12.5. The van der Waals surface area contributed by atoms with Crippen molar-refractivity contribution >= 4 is 15.7 Å². The standard InChI is InChI=1S/C13H22N2O3S/c1-4-10(3)9-15-19(16,17)13-8-11(14)6-7-12(13)18-5-2/h6-8,10,15H,4-5,9,14H2,1-3H3. The minimum absolute atomic E-state index is 0.0950. The molecule has 5 nitrogen and oxygen atoms in total. The maximum Gasteiger partial charge on any atom is 0.244 e. The van der Waals surface area contributed by atoms with E-state index in [0.717, 1.165) is 6.42 Å². The van der Waals surface area contributed by atoms with Gasteiger partial charge >= 0.3 is 0 Å². The summed E-state index contributed by atoms with van der Waals surface area (Å²) in [5.74, 6) is 0.611. The number of hydrogen-bond donors (Lipinski definition) is 2. The normalized spacial score (nSPS) is 13.2. The van der Waals surface area contributed by atoms with E-state index in [4.69, 9.17) is 10.5 Å². The van der Waals surface area contributed by atoms with E-state index in [2.05, 4.69) is 4.72 Å². The summed E-state index contributed by atoms with van der Waals surface area (Å²) in [4.78, 5) is 0.0950. The lowest BCUT2D eigenvalue weighted by molar-refractivity contribution is 0.331. The van der Waals surface area contributed by atoms with Crippen LogP contribution >= 0.6 is 0 Å². The SMILES string of the molecule is CCOc1ccc(N)cc1S(=O)(=O)NCC(C)CC. The van der Waals surface area contributed by atoms with Crippen LogP contribution in [-0.2, 0) is 10.0 Å². The van der Waals surface area contributed by atoms with Crippen LogP contribution in [0.25, 0.3) is 0 Å². The second-order valence-electron chi connectivity index (χ2n) is 4.50. The quantitative estimate of drug-likeness (QED) is 0.751. The van der Waals surface area contributed by atoms with Gasteiger partial charge in [0.25, 0.3) is 0 Å². The number of rotatable bonds is 7. The van der Waals surface area contributed by atoms with E-state index < -0.39 is 10.0 Å². The molecule has 1 aromatic carbocycles. The number of nitrogens with one attached hydrogen (secondary N) is 1. The van der Waals surface area contributed by atoms with Crippen molar-refractivity contribution in [2.75, 3.05) is 18.9 Å². The molecule has 0 aliphatic rings. The van der Waals surface area contributed by atoms with Gasteiger partial charge in [-0.3, -0.25) is 0 Å². The minimum atomic E-state index is -3.60. The number of hydrogen-bond acceptors (Lipinski definition) is 4. The summed E-state index contributed by atoms with van der Waals surface area (Å²) in [7, 11) is -3.60. The van der Waals surface area contributed by atoms with Crippen molar-refractivity contribution in [3.05, 3.63) is 18.2 Å². The van der Waals surface area contributed by atoms with Gasteiger partial charge in [-0.1, -0.05) is 20.3 Å². The molecule has 0 aliphatic heterocycles. The van der Waals surface area contributed by atoms with Crippen LogP contribution < -0.4 is 15.2 Å². The molecule has 1 atom stereocenters. The van der Waals surface area contributed by atoms with Gasteiger partial charge in [0.1, 0.15) is 10.6 Å². The molecule has 0 aromatic heterocycles. The number of sulfonamides is 1. The molecule has 1 unspecified atom stereocenters. The van der Waals surface area contributed by atoms with Crippen molar-refractivity contribution in [3.63, 3.8) is 0 Å². The Hall–Kier alpha value is -1.27. The molecular formula is C13H22N2O3S. The van der Waals surface area contributed by atoms with Gasteiger partial charge in [0.2, 0.25) is 10.0 Å². The molecule has 1 aromatic rings. The summed E-state index contributed by atoms with van der Waals surface area (Å²) in [6.45, 7) is 6.62. The maximum absolute atomic E-state index is 12.3. The zero-order chi connectivity index (χ0) is 14.5. The van der Waals surface area contributed by atoms with Crippen LogP contribution in [0.4, 0.5) is 5.69 Å². The third kappa shape index (κ3) is 4.40. The van der Waals surface area contributed by atoms with Crippen LogP contribution in [0.1, 0.15) is 27.2 Å². The Morgan fingerprint density at radius 3 is 2.63 bits per heavy atom. The first-order valence-electron chi connectivity index (χ1n) is 6.42. The molecule has 0 bridgehead atoms. The van der Waals surface area contributed by atoms with E-state index in [9.17, 15) is 8.42 Å². The Balaban J connectivity index is 3.02. The van der Waals surface area contributed by atoms with Crippen LogP contribution in [0.2, 0.25) is 0 Å². The summed E-state index contributed by atoms with van der Waals surface area (Å²) in [6, 6.07) is 4.62. The number of ether oxygens (including phenoxy) is 1. The van der Waals surface area contributed by atoms with Gasteiger partial charge in [-0.05, 0) is 31.0 Å². The fraction of sp³-hybridized carbons (Fsp3) is 0.538. The van der Waals surface area contributed by atoms with Gasteiger partial charge in [0.05, 0.1) is 6.61 Å². The molecule has 6 heteroatoms. The third-order valence-corrected chi connectivity index (χ3v) is 4.32. The highest BCUT2D eigenvalue weighted by Crippen LogP contribution is 2.26. The predicted octanol–water partition coefficient (Wildman–Crippen LogP) is 1.99.